The van der Waals surface area contributed by atoms with Crippen LogP contribution in [0, 0.1) is 5.82 Å². The molecule has 1 aromatic carbocycles. The van der Waals surface area contributed by atoms with E-state index >= 15 is 0 Å². The van der Waals surface area contributed by atoms with Crippen molar-refractivity contribution >= 4 is 21.1 Å². The molecule has 160 valence electrons. The van der Waals surface area contributed by atoms with E-state index in [2.05, 4.69) is 14.5 Å². The van der Waals surface area contributed by atoms with Gasteiger partial charge in [0, 0.05) is 48.0 Å². The van der Waals surface area contributed by atoms with Crippen molar-refractivity contribution in [3.8, 4) is 22.6 Å². The van der Waals surface area contributed by atoms with Crippen LogP contribution in [0.4, 0.5) is 4.39 Å². The molecule has 0 atom stereocenters. The van der Waals surface area contributed by atoms with E-state index in [1.54, 1.807) is 18.3 Å². The number of H-pyrrole nitrogens is 1. The van der Waals surface area contributed by atoms with Crippen molar-refractivity contribution in [3.63, 3.8) is 0 Å². The zero-order chi connectivity index (χ0) is 21.6. The number of aromatic amines is 1. The molecule has 0 aliphatic carbocycles. The number of imidazole rings is 1. The first-order valence-corrected chi connectivity index (χ1v) is 12.0. The standard InChI is InChI=1S/C22H22FN5O2S/c1-31(29,30)27-12-8-17(9-13-27)28-20(18-6-10-24-21-19(18)7-11-25-21)14-26-22(28)15-2-4-16(23)5-3-15/h2-7,10-11,14,17H,8-9,12-13H2,1H3,(H,24,25). The molecule has 0 unspecified atom stereocenters. The van der Waals surface area contributed by atoms with Crippen molar-refractivity contribution in [2.24, 2.45) is 0 Å². The maximum atomic E-state index is 13.5. The summed E-state index contributed by atoms with van der Waals surface area (Å²) in [6.45, 7) is 0.916. The van der Waals surface area contributed by atoms with Crippen molar-refractivity contribution < 1.29 is 12.8 Å². The van der Waals surface area contributed by atoms with Crippen LogP contribution in [0.25, 0.3) is 33.7 Å². The minimum atomic E-state index is -3.21. The van der Waals surface area contributed by atoms with E-state index in [0.717, 1.165) is 33.7 Å². The molecular formula is C22H22FN5O2S. The summed E-state index contributed by atoms with van der Waals surface area (Å²) in [4.78, 5) is 12.2. The van der Waals surface area contributed by atoms with Gasteiger partial charge in [-0.3, -0.25) is 0 Å². The highest BCUT2D eigenvalue weighted by molar-refractivity contribution is 7.88. The van der Waals surface area contributed by atoms with Crippen LogP contribution in [0.2, 0.25) is 0 Å². The highest BCUT2D eigenvalue weighted by atomic mass is 32.2. The lowest BCUT2D eigenvalue weighted by molar-refractivity contribution is 0.278. The SMILES string of the molecule is CS(=O)(=O)N1CCC(n2c(-c3ccnc4[nH]ccc34)cnc2-c2ccc(F)cc2)CC1. The molecular weight excluding hydrogens is 417 g/mol. The van der Waals surface area contributed by atoms with E-state index in [1.165, 1.54) is 22.7 Å². The summed E-state index contributed by atoms with van der Waals surface area (Å²) in [6, 6.07) is 10.3. The van der Waals surface area contributed by atoms with Crippen molar-refractivity contribution in [2.75, 3.05) is 19.3 Å². The number of halogens is 1. The molecule has 31 heavy (non-hydrogen) atoms. The van der Waals surface area contributed by atoms with Crippen LogP contribution >= 0.6 is 0 Å². The molecule has 5 rings (SSSR count). The summed E-state index contributed by atoms with van der Waals surface area (Å²) in [5.74, 6) is 0.444. The Morgan fingerprint density at radius 2 is 1.81 bits per heavy atom. The van der Waals surface area contributed by atoms with Crippen LogP contribution in [0.15, 0.2) is 55.0 Å². The highest BCUT2D eigenvalue weighted by Gasteiger charge is 2.29. The zero-order valence-corrected chi connectivity index (χ0v) is 17.8. The van der Waals surface area contributed by atoms with Crippen LogP contribution < -0.4 is 0 Å². The summed E-state index contributed by atoms with van der Waals surface area (Å²) in [5, 5.41) is 0.989. The smallest absolute Gasteiger partial charge is 0.211 e. The number of pyridine rings is 1. The number of aromatic nitrogens is 4. The predicted octanol–water partition coefficient (Wildman–Crippen LogP) is 3.83. The van der Waals surface area contributed by atoms with Gasteiger partial charge in [-0.05, 0) is 49.2 Å². The number of nitrogens with zero attached hydrogens (tertiary/aromatic N) is 4. The Kier molecular flexibility index (Phi) is 4.86. The van der Waals surface area contributed by atoms with E-state index in [-0.39, 0.29) is 11.9 Å². The summed E-state index contributed by atoms with van der Waals surface area (Å²) in [6.07, 6.45) is 8.05. The van der Waals surface area contributed by atoms with Crippen molar-refractivity contribution in [1.29, 1.82) is 0 Å². The molecule has 0 amide bonds. The largest absolute Gasteiger partial charge is 0.346 e. The molecule has 4 heterocycles. The number of sulfonamides is 1. The summed E-state index contributed by atoms with van der Waals surface area (Å²) in [5.41, 5.74) is 3.54. The third kappa shape index (κ3) is 3.64. The van der Waals surface area contributed by atoms with Crippen molar-refractivity contribution in [3.05, 3.63) is 60.8 Å². The summed E-state index contributed by atoms with van der Waals surface area (Å²) in [7, 11) is -3.21. The van der Waals surface area contributed by atoms with Crippen LogP contribution in [0.5, 0.6) is 0 Å². The Morgan fingerprint density at radius 1 is 1.06 bits per heavy atom. The predicted molar refractivity (Wildman–Crippen MR) is 117 cm³/mol. The quantitative estimate of drug-likeness (QED) is 0.524. The van der Waals surface area contributed by atoms with Gasteiger partial charge in [0.05, 0.1) is 18.1 Å². The molecule has 4 aromatic rings. The van der Waals surface area contributed by atoms with E-state index < -0.39 is 10.0 Å². The minimum absolute atomic E-state index is 0.0673. The first-order valence-electron chi connectivity index (χ1n) is 10.1. The number of nitrogens with one attached hydrogen (secondary N) is 1. The molecule has 0 radical (unpaired) electrons. The van der Waals surface area contributed by atoms with Crippen molar-refractivity contribution in [1.82, 2.24) is 23.8 Å². The third-order valence-corrected chi connectivity index (χ3v) is 7.20. The average molecular weight is 440 g/mol. The fourth-order valence-corrected chi connectivity index (χ4v) is 5.23. The number of rotatable bonds is 4. The Hall–Kier alpha value is -3.04. The monoisotopic (exact) mass is 439 g/mol. The molecule has 1 fully saturated rings. The maximum absolute atomic E-state index is 13.5. The lowest BCUT2D eigenvalue weighted by Gasteiger charge is -2.32. The maximum Gasteiger partial charge on any atom is 0.211 e. The number of piperidine rings is 1. The lowest BCUT2D eigenvalue weighted by Crippen LogP contribution is -2.38. The van der Waals surface area contributed by atoms with Gasteiger partial charge in [-0.2, -0.15) is 0 Å². The minimum Gasteiger partial charge on any atom is -0.346 e. The van der Waals surface area contributed by atoms with Gasteiger partial charge in [-0.1, -0.05) is 0 Å². The van der Waals surface area contributed by atoms with Gasteiger partial charge in [0.15, 0.2) is 0 Å². The Morgan fingerprint density at radius 3 is 2.52 bits per heavy atom. The molecule has 0 bridgehead atoms. The van der Waals surface area contributed by atoms with E-state index in [0.29, 0.717) is 25.9 Å². The van der Waals surface area contributed by atoms with Crippen LogP contribution in [-0.4, -0.2) is 51.6 Å². The zero-order valence-electron chi connectivity index (χ0n) is 17.0. The molecule has 0 saturated carbocycles. The van der Waals surface area contributed by atoms with Gasteiger partial charge in [0.1, 0.15) is 17.3 Å². The van der Waals surface area contributed by atoms with Crippen molar-refractivity contribution in [2.45, 2.75) is 18.9 Å². The van der Waals surface area contributed by atoms with E-state index in [4.69, 9.17) is 4.98 Å². The number of benzene rings is 1. The second kappa shape index (κ2) is 7.58. The molecule has 1 N–H and O–H groups in total. The first kappa shape index (κ1) is 19.9. The summed E-state index contributed by atoms with van der Waals surface area (Å²) < 4.78 is 41.2. The van der Waals surface area contributed by atoms with Gasteiger partial charge < -0.3 is 9.55 Å². The molecule has 9 heteroatoms. The Balaban J connectivity index is 1.63. The van der Waals surface area contributed by atoms with Gasteiger partial charge in [0.25, 0.3) is 0 Å². The number of fused-ring (bicyclic) bond motifs is 1. The second-order valence-electron chi connectivity index (χ2n) is 7.84. The van der Waals surface area contributed by atoms with Crippen LogP contribution in [-0.2, 0) is 10.0 Å². The molecule has 3 aromatic heterocycles. The van der Waals surface area contributed by atoms with E-state index in [1.807, 2.05) is 24.5 Å². The third-order valence-electron chi connectivity index (χ3n) is 5.89. The van der Waals surface area contributed by atoms with Crippen LogP contribution in [0.3, 0.4) is 0 Å². The van der Waals surface area contributed by atoms with Gasteiger partial charge >= 0.3 is 0 Å². The van der Waals surface area contributed by atoms with Gasteiger partial charge in [-0.15, -0.1) is 0 Å². The lowest BCUT2D eigenvalue weighted by atomic mass is 10.0. The average Bonchev–Trinajstić information content (AvgIpc) is 3.41. The molecule has 1 aliphatic rings. The van der Waals surface area contributed by atoms with E-state index in [9.17, 15) is 12.8 Å². The normalized spacial score (nSPS) is 16.2. The first-order chi connectivity index (χ1) is 14.9. The molecule has 1 saturated heterocycles. The van der Waals surface area contributed by atoms with Gasteiger partial charge in [-0.25, -0.2) is 27.1 Å². The molecule has 0 spiro atoms. The molecule has 7 nitrogen and oxygen atoms in total. The summed E-state index contributed by atoms with van der Waals surface area (Å²) >= 11 is 0. The fraction of sp³-hybridized carbons (Fsp3) is 0.273. The number of hydrogen-bond donors (Lipinski definition) is 1. The Bertz CT molecular complexity index is 1340. The van der Waals surface area contributed by atoms with Crippen LogP contribution in [0.1, 0.15) is 18.9 Å². The highest BCUT2D eigenvalue weighted by Crippen LogP contribution is 2.37. The second-order valence-corrected chi connectivity index (χ2v) is 9.82. The topological polar surface area (TPSA) is 83.9 Å². The number of hydrogen-bond acceptors (Lipinski definition) is 4. The Labute approximate surface area is 179 Å². The molecule has 1 aliphatic heterocycles. The van der Waals surface area contributed by atoms with Gasteiger partial charge in [0.2, 0.25) is 10.0 Å². The fourth-order valence-electron chi connectivity index (χ4n) is 4.36.